The highest BCUT2D eigenvalue weighted by atomic mass is 14.9. The molecule has 0 saturated carbocycles. The lowest BCUT2D eigenvalue weighted by Gasteiger charge is -2.11. The van der Waals surface area contributed by atoms with Gasteiger partial charge in [0.05, 0.1) is 11.4 Å². The lowest BCUT2D eigenvalue weighted by Crippen LogP contribution is -1.96. The molecule has 5 aromatic carbocycles. The van der Waals surface area contributed by atoms with Gasteiger partial charge in [0, 0.05) is 34.6 Å². The average molecular weight is 538 g/mol. The number of pyridine rings is 1. The van der Waals surface area contributed by atoms with Gasteiger partial charge >= 0.3 is 0 Å². The topological polar surface area (TPSA) is 38.7 Å². The molecule has 0 amide bonds. The Morgan fingerprint density at radius 3 is 1.29 bits per heavy atom. The molecule has 7 rings (SSSR count). The Morgan fingerprint density at radius 1 is 0.310 bits per heavy atom. The molecule has 7 aromatic rings. The fourth-order valence-corrected chi connectivity index (χ4v) is 5.22. The summed E-state index contributed by atoms with van der Waals surface area (Å²) in [5, 5.41) is 0. The lowest BCUT2D eigenvalue weighted by molar-refractivity contribution is 1.18. The van der Waals surface area contributed by atoms with E-state index in [0.717, 1.165) is 50.3 Å². The first-order valence-corrected chi connectivity index (χ1v) is 14.0. The van der Waals surface area contributed by atoms with Gasteiger partial charge in [-0.15, -0.1) is 0 Å². The second-order valence-electron chi connectivity index (χ2n) is 10.2. The summed E-state index contributed by atoms with van der Waals surface area (Å²) in [6.45, 7) is 0. The van der Waals surface area contributed by atoms with E-state index in [1.54, 1.807) is 6.20 Å². The Bertz CT molecular complexity index is 1910. The van der Waals surface area contributed by atoms with Crippen molar-refractivity contribution in [2.45, 2.75) is 0 Å². The minimum atomic E-state index is 0.716. The summed E-state index contributed by atoms with van der Waals surface area (Å²) in [6, 6.07) is 52.5. The van der Waals surface area contributed by atoms with E-state index >= 15 is 0 Å². The number of hydrogen-bond donors (Lipinski definition) is 0. The van der Waals surface area contributed by atoms with Crippen LogP contribution < -0.4 is 0 Å². The molecule has 42 heavy (non-hydrogen) atoms. The SMILES string of the molecule is c1ccc(-c2cc(-c3cccc(-c4cccc(-c5cccc(-c6cccnc6)c5)c4)c3)nc(-c3ccccc3)n2)cc1. The van der Waals surface area contributed by atoms with Crippen molar-refractivity contribution in [1.82, 2.24) is 15.0 Å². The highest BCUT2D eigenvalue weighted by Gasteiger charge is 2.12. The Labute approximate surface area is 245 Å². The second-order valence-corrected chi connectivity index (χ2v) is 10.2. The van der Waals surface area contributed by atoms with Crippen LogP contribution in [0.3, 0.4) is 0 Å². The number of aromatic nitrogens is 3. The molecule has 0 atom stereocenters. The third kappa shape index (κ3) is 5.36. The zero-order valence-corrected chi connectivity index (χ0v) is 22.9. The first-order chi connectivity index (χ1) is 20.8. The zero-order valence-electron chi connectivity index (χ0n) is 22.9. The van der Waals surface area contributed by atoms with E-state index in [9.17, 15) is 0 Å². The minimum Gasteiger partial charge on any atom is -0.264 e. The van der Waals surface area contributed by atoms with Crippen LogP contribution in [-0.4, -0.2) is 15.0 Å². The lowest BCUT2D eigenvalue weighted by atomic mass is 9.95. The first-order valence-electron chi connectivity index (χ1n) is 14.0. The molecule has 0 radical (unpaired) electrons. The standard InChI is InChI=1S/C39H27N3/c1-3-11-28(12-4-1)37-26-38(42-39(41-37)29-13-5-2-6-14-29)35-20-9-18-33(25-35)31-16-7-15-30(23-31)32-17-8-19-34(24-32)36-21-10-22-40-27-36/h1-27H. The van der Waals surface area contributed by atoms with Crippen molar-refractivity contribution < 1.29 is 0 Å². The third-order valence-electron chi connectivity index (χ3n) is 7.37. The van der Waals surface area contributed by atoms with Crippen LogP contribution in [0, 0.1) is 0 Å². The number of nitrogens with zero attached hydrogens (tertiary/aromatic N) is 3. The molecule has 0 aliphatic carbocycles. The Morgan fingerprint density at radius 2 is 0.738 bits per heavy atom. The summed E-state index contributed by atoms with van der Waals surface area (Å²) in [6.07, 6.45) is 3.71. The van der Waals surface area contributed by atoms with Gasteiger partial charge in [-0.1, -0.05) is 121 Å². The fraction of sp³-hybridized carbons (Fsp3) is 0. The van der Waals surface area contributed by atoms with Crippen LogP contribution >= 0.6 is 0 Å². The normalized spacial score (nSPS) is 10.9. The van der Waals surface area contributed by atoms with Gasteiger partial charge in [-0.25, -0.2) is 9.97 Å². The maximum absolute atomic E-state index is 5.02. The fourth-order valence-electron chi connectivity index (χ4n) is 5.22. The van der Waals surface area contributed by atoms with Gasteiger partial charge in [0.1, 0.15) is 0 Å². The molecule has 0 aliphatic heterocycles. The number of benzene rings is 5. The van der Waals surface area contributed by atoms with Crippen LogP contribution in [0.1, 0.15) is 0 Å². The largest absolute Gasteiger partial charge is 0.264 e. The van der Waals surface area contributed by atoms with Crippen LogP contribution in [0.15, 0.2) is 164 Å². The first kappa shape index (κ1) is 25.3. The van der Waals surface area contributed by atoms with E-state index in [0.29, 0.717) is 5.82 Å². The van der Waals surface area contributed by atoms with Crippen molar-refractivity contribution in [3.05, 3.63) is 164 Å². The summed E-state index contributed by atoms with van der Waals surface area (Å²) in [5.74, 6) is 0.716. The maximum Gasteiger partial charge on any atom is 0.160 e. The van der Waals surface area contributed by atoms with Crippen LogP contribution in [0.5, 0.6) is 0 Å². The molecule has 0 saturated heterocycles. The summed E-state index contributed by atoms with van der Waals surface area (Å²) in [5.41, 5.74) is 11.8. The second kappa shape index (κ2) is 11.4. The zero-order chi connectivity index (χ0) is 28.1. The molecule has 2 heterocycles. The van der Waals surface area contributed by atoms with Crippen LogP contribution in [-0.2, 0) is 0 Å². The molecule has 0 spiro atoms. The van der Waals surface area contributed by atoms with Crippen molar-refractivity contribution in [2.75, 3.05) is 0 Å². The van der Waals surface area contributed by atoms with Gasteiger partial charge in [-0.3, -0.25) is 4.98 Å². The summed E-state index contributed by atoms with van der Waals surface area (Å²) >= 11 is 0. The smallest absolute Gasteiger partial charge is 0.160 e. The predicted molar refractivity (Wildman–Crippen MR) is 172 cm³/mol. The monoisotopic (exact) mass is 537 g/mol. The molecule has 198 valence electrons. The Balaban J connectivity index is 1.28. The van der Waals surface area contributed by atoms with Crippen molar-refractivity contribution in [1.29, 1.82) is 0 Å². The molecule has 0 fully saturated rings. The van der Waals surface area contributed by atoms with E-state index in [-0.39, 0.29) is 0 Å². The number of hydrogen-bond acceptors (Lipinski definition) is 3. The van der Waals surface area contributed by atoms with Gasteiger partial charge < -0.3 is 0 Å². The van der Waals surface area contributed by atoms with Gasteiger partial charge in [-0.2, -0.15) is 0 Å². The summed E-state index contributed by atoms with van der Waals surface area (Å²) in [7, 11) is 0. The molecule has 3 heteroatoms. The Kier molecular flexibility index (Phi) is 6.89. The molecular weight excluding hydrogens is 510 g/mol. The summed E-state index contributed by atoms with van der Waals surface area (Å²) in [4.78, 5) is 14.2. The molecule has 0 N–H and O–H groups in total. The highest BCUT2D eigenvalue weighted by molar-refractivity contribution is 5.79. The van der Waals surface area contributed by atoms with E-state index in [1.807, 2.05) is 48.7 Å². The van der Waals surface area contributed by atoms with E-state index < -0.39 is 0 Å². The molecule has 0 aliphatic rings. The molecule has 0 bridgehead atoms. The van der Waals surface area contributed by atoms with Crippen molar-refractivity contribution in [3.8, 4) is 67.3 Å². The van der Waals surface area contributed by atoms with Crippen LogP contribution in [0.25, 0.3) is 67.3 Å². The van der Waals surface area contributed by atoms with Gasteiger partial charge in [0.15, 0.2) is 5.82 Å². The number of rotatable bonds is 6. The van der Waals surface area contributed by atoms with Gasteiger partial charge in [-0.05, 0) is 58.1 Å². The molecule has 3 nitrogen and oxygen atoms in total. The summed E-state index contributed by atoms with van der Waals surface area (Å²) < 4.78 is 0. The van der Waals surface area contributed by atoms with Crippen LogP contribution in [0.2, 0.25) is 0 Å². The van der Waals surface area contributed by atoms with Gasteiger partial charge in [0.25, 0.3) is 0 Å². The van der Waals surface area contributed by atoms with Crippen LogP contribution in [0.4, 0.5) is 0 Å². The predicted octanol–water partition coefficient (Wildman–Crippen LogP) is 9.87. The Hall–Kier alpha value is -5.67. The highest BCUT2D eigenvalue weighted by Crippen LogP contribution is 2.33. The van der Waals surface area contributed by atoms with E-state index in [2.05, 4.69) is 114 Å². The molecule has 0 unspecified atom stereocenters. The van der Waals surface area contributed by atoms with Crippen molar-refractivity contribution >= 4 is 0 Å². The van der Waals surface area contributed by atoms with E-state index in [1.165, 1.54) is 11.1 Å². The minimum absolute atomic E-state index is 0.716. The quantitative estimate of drug-likeness (QED) is 0.212. The van der Waals surface area contributed by atoms with Crippen molar-refractivity contribution in [2.24, 2.45) is 0 Å². The van der Waals surface area contributed by atoms with Gasteiger partial charge in [0.2, 0.25) is 0 Å². The van der Waals surface area contributed by atoms with Crippen molar-refractivity contribution in [3.63, 3.8) is 0 Å². The third-order valence-corrected chi connectivity index (χ3v) is 7.37. The average Bonchev–Trinajstić information content (AvgIpc) is 3.09. The molecular formula is C39H27N3. The van der Waals surface area contributed by atoms with E-state index in [4.69, 9.17) is 9.97 Å². The maximum atomic E-state index is 5.02. The molecule has 2 aromatic heterocycles.